The molecule has 0 aromatic heterocycles. The summed E-state index contributed by atoms with van der Waals surface area (Å²) in [6.45, 7) is 13.3. The minimum Gasteiger partial charge on any atom is -0.480 e. The molecular weight excluding hydrogens is 474 g/mol. The molecule has 9 nitrogen and oxygen atoms in total. The average Bonchev–Trinajstić information content (AvgIpc) is 2.84. The lowest BCUT2D eigenvalue weighted by Crippen LogP contribution is -2.60. The van der Waals surface area contributed by atoms with Gasteiger partial charge in [-0.1, -0.05) is 64.4 Å². The van der Waals surface area contributed by atoms with Crippen molar-refractivity contribution < 1.29 is 29.0 Å². The SMILES string of the molecule is CCC(C)[C@H](NC(=O)C1(c2ccccc2)CCN(C(=O)OC(C)(C)C)CC1)C(=O)N[C@@H](C(=O)O)C(C)C. The Hall–Kier alpha value is -3.10. The topological polar surface area (TPSA) is 125 Å². The number of piperidine rings is 1. The number of carboxylic acids is 1. The Morgan fingerprint density at radius 2 is 1.57 bits per heavy atom. The molecule has 3 atom stereocenters. The van der Waals surface area contributed by atoms with Gasteiger partial charge in [0, 0.05) is 13.1 Å². The molecule has 1 aliphatic rings. The zero-order valence-corrected chi connectivity index (χ0v) is 23.2. The Balaban J connectivity index is 2.31. The second-order valence-electron chi connectivity index (χ2n) is 11.3. The molecule has 1 aromatic carbocycles. The van der Waals surface area contributed by atoms with Gasteiger partial charge in [-0.15, -0.1) is 0 Å². The predicted octanol–water partition coefficient (Wildman–Crippen LogP) is 3.71. The molecule has 1 fully saturated rings. The van der Waals surface area contributed by atoms with E-state index in [4.69, 9.17) is 4.74 Å². The Bertz CT molecular complexity index is 948. The Labute approximate surface area is 220 Å². The predicted molar refractivity (Wildman–Crippen MR) is 141 cm³/mol. The van der Waals surface area contributed by atoms with Crippen molar-refractivity contribution in [1.29, 1.82) is 0 Å². The Kier molecular flexibility index (Phi) is 10.1. The van der Waals surface area contributed by atoms with Gasteiger partial charge in [-0.05, 0) is 51.0 Å². The van der Waals surface area contributed by atoms with Crippen LogP contribution in [0.5, 0.6) is 0 Å². The molecular formula is C28H43N3O6. The van der Waals surface area contributed by atoms with E-state index in [9.17, 15) is 24.3 Å². The van der Waals surface area contributed by atoms with Crippen LogP contribution in [0.2, 0.25) is 0 Å². The minimum atomic E-state index is -1.12. The van der Waals surface area contributed by atoms with E-state index in [0.29, 0.717) is 32.4 Å². The van der Waals surface area contributed by atoms with Crippen LogP contribution in [-0.2, 0) is 24.5 Å². The molecule has 37 heavy (non-hydrogen) atoms. The monoisotopic (exact) mass is 517 g/mol. The first-order valence-corrected chi connectivity index (χ1v) is 13.1. The van der Waals surface area contributed by atoms with Gasteiger partial charge in [0.05, 0.1) is 5.41 Å². The van der Waals surface area contributed by atoms with Crippen LogP contribution in [-0.4, -0.2) is 64.7 Å². The minimum absolute atomic E-state index is 0.222. The molecule has 0 spiro atoms. The van der Waals surface area contributed by atoms with Crippen LogP contribution < -0.4 is 10.6 Å². The third-order valence-corrected chi connectivity index (χ3v) is 7.04. The molecule has 3 N–H and O–H groups in total. The summed E-state index contributed by atoms with van der Waals surface area (Å²) in [5, 5.41) is 15.1. The van der Waals surface area contributed by atoms with Crippen molar-refractivity contribution >= 4 is 23.9 Å². The molecule has 206 valence electrons. The second-order valence-corrected chi connectivity index (χ2v) is 11.3. The van der Waals surface area contributed by atoms with Crippen molar-refractivity contribution in [3.05, 3.63) is 35.9 Å². The fraction of sp³-hybridized carbons (Fsp3) is 0.643. The maximum atomic E-state index is 14.0. The van der Waals surface area contributed by atoms with E-state index >= 15 is 0 Å². The number of amides is 3. The van der Waals surface area contributed by atoms with Gasteiger partial charge in [-0.2, -0.15) is 0 Å². The largest absolute Gasteiger partial charge is 0.480 e. The van der Waals surface area contributed by atoms with Gasteiger partial charge in [-0.3, -0.25) is 9.59 Å². The summed E-state index contributed by atoms with van der Waals surface area (Å²) < 4.78 is 5.51. The molecule has 1 unspecified atom stereocenters. The zero-order chi connectivity index (χ0) is 28.0. The van der Waals surface area contributed by atoms with Crippen LogP contribution in [0.1, 0.15) is 73.3 Å². The standard InChI is InChI=1S/C28H43N3O6/c1-8-19(4)22(23(32)29-21(18(2)3)24(33)34)30-25(35)28(20-12-10-9-11-13-20)14-16-31(17-15-28)26(36)37-27(5,6)7/h9-13,18-19,21-22H,8,14-17H2,1-7H3,(H,29,32)(H,30,35)(H,33,34)/t19?,21-,22+/m1/s1. The number of rotatable bonds is 9. The lowest BCUT2D eigenvalue weighted by atomic mass is 9.71. The molecule has 1 heterocycles. The van der Waals surface area contributed by atoms with Crippen LogP contribution in [0, 0.1) is 11.8 Å². The highest BCUT2D eigenvalue weighted by atomic mass is 16.6. The number of carbonyl (C=O) groups is 4. The van der Waals surface area contributed by atoms with Crippen molar-refractivity contribution in [3.8, 4) is 0 Å². The smallest absolute Gasteiger partial charge is 0.410 e. The summed E-state index contributed by atoms with van der Waals surface area (Å²) in [7, 11) is 0. The highest BCUT2D eigenvalue weighted by molar-refractivity contribution is 5.94. The summed E-state index contributed by atoms with van der Waals surface area (Å²) in [4.78, 5) is 53.1. The average molecular weight is 518 g/mol. The van der Waals surface area contributed by atoms with Crippen molar-refractivity contribution in [1.82, 2.24) is 15.5 Å². The van der Waals surface area contributed by atoms with E-state index in [1.807, 2.05) is 65.0 Å². The van der Waals surface area contributed by atoms with Gasteiger partial charge < -0.3 is 25.4 Å². The number of carboxylic acid groups (broad SMARTS) is 1. The zero-order valence-electron chi connectivity index (χ0n) is 23.2. The van der Waals surface area contributed by atoms with Crippen LogP contribution in [0.4, 0.5) is 4.79 Å². The van der Waals surface area contributed by atoms with Gasteiger partial charge in [0.1, 0.15) is 17.7 Å². The van der Waals surface area contributed by atoms with E-state index in [2.05, 4.69) is 10.6 Å². The van der Waals surface area contributed by atoms with Crippen molar-refractivity contribution in [2.24, 2.45) is 11.8 Å². The van der Waals surface area contributed by atoms with E-state index in [1.165, 1.54) is 0 Å². The maximum absolute atomic E-state index is 14.0. The van der Waals surface area contributed by atoms with E-state index in [0.717, 1.165) is 5.56 Å². The quantitative estimate of drug-likeness (QED) is 0.459. The summed E-state index contributed by atoms with van der Waals surface area (Å²) in [5.41, 5.74) is -0.760. The third-order valence-electron chi connectivity index (χ3n) is 7.04. The molecule has 0 saturated carbocycles. The molecule has 2 rings (SSSR count). The number of likely N-dealkylation sites (tertiary alicyclic amines) is 1. The Morgan fingerprint density at radius 1 is 1.00 bits per heavy atom. The maximum Gasteiger partial charge on any atom is 0.410 e. The summed E-state index contributed by atoms with van der Waals surface area (Å²) in [6.07, 6.45) is 0.920. The van der Waals surface area contributed by atoms with E-state index < -0.39 is 41.1 Å². The number of hydrogen-bond acceptors (Lipinski definition) is 5. The van der Waals surface area contributed by atoms with Gasteiger partial charge in [0.25, 0.3) is 0 Å². The molecule has 0 bridgehead atoms. The van der Waals surface area contributed by atoms with E-state index in [-0.39, 0.29) is 17.7 Å². The molecule has 3 amide bonds. The highest BCUT2D eigenvalue weighted by Crippen LogP contribution is 2.37. The number of benzene rings is 1. The lowest BCUT2D eigenvalue weighted by molar-refractivity contribution is -0.144. The van der Waals surface area contributed by atoms with Crippen molar-refractivity contribution in [3.63, 3.8) is 0 Å². The molecule has 9 heteroatoms. The first kappa shape index (κ1) is 30.1. The van der Waals surface area contributed by atoms with Crippen LogP contribution in [0.15, 0.2) is 30.3 Å². The molecule has 0 aliphatic carbocycles. The Morgan fingerprint density at radius 3 is 2.03 bits per heavy atom. The third kappa shape index (κ3) is 7.69. The van der Waals surface area contributed by atoms with Crippen molar-refractivity contribution in [2.45, 2.75) is 90.8 Å². The summed E-state index contributed by atoms with van der Waals surface area (Å²) >= 11 is 0. The number of carbonyl (C=O) groups excluding carboxylic acids is 3. The summed E-state index contributed by atoms with van der Waals surface area (Å²) in [6, 6.07) is 7.42. The highest BCUT2D eigenvalue weighted by Gasteiger charge is 2.46. The van der Waals surface area contributed by atoms with Crippen LogP contribution in [0.25, 0.3) is 0 Å². The van der Waals surface area contributed by atoms with Gasteiger partial charge in [0.2, 0.25) is 11.8 Å². The number of nitrogens with one attached hydrogen (secondary N) is 2. The molecule has 1 aromatic rings. The number of ether oxygens (including phenoxy) is 1. The van der Waals surface area contributed by atoms with Crippen LogP contribution in [0.3, 0.4) is 0 Å². The molecule has 0 radical (unpaired) electrons. The number of nitrogens with zero attached hydrogens (tertiary/aromatic N) is 1. The van der Waals surface area contributed by atoms with Gasteiger partial charge in [0.15, 0.2) is 0 Å². The molecule has 1 saturated heterocycles. The normalized spacial score (nSPS) is 17.9. The summed E-state index contributed by atoms with van der Waals surface area (Å²) in [5.74, 6) is -2.48. The first-order valence-electron chi connectivity index (χ1n) is 13.1. The van der Waals surface area contributed by atoms with Crippen LogP contribution >= 0.6 is 0 Å². The van der Waals surface area contributed by atoms with Gasteiger partial charge in [-0.25, -0.2) is 9.59 Å². The van der Waals surface area contributed by atoms with E-state index in [1.54, 1.807) is 18.7 Å². The second kappa shape index (κ2) is 12.4. The fourth-order valence-electron chi connectivity index (χ4n) is 4.54. The lowest BCUT2D eigenvalue weighted by Gasteiger charge is -2.42. The number of aliphatic carboxylic acids is 1. The van der Waals surface area contributed by atoms with Gasteiger partial charge >= 0.3 is 12.1 Å². The fourth-order valence-corrected chi connectivity index (χ4v) is 4.54. The molecule has 1 aliphatic heterocycles. The number of hydrogen-bond donors (Lipinski definition) is 3. The first-order chi connectivity index (χ1) is 17.2. The van der Waals surface area contributed by atoms with Crippen molar-refractivity contribution in [2.75, 3.05) is 13.1 Å².